The van der Waals surface area contributed by atoms with Gasteiger partial charge in [0.2, 0.25) is 0 Å². The van der Waals surface area contributed by atoms with Crippen molar-refractivity contribution in [1.29, 1.82) is 0 Å². The van der Waals surface area contributed by atoms with E-state index in [0.717, 1.165) is 19.3 Å². The van der Waals surface area contributed by atoms with Gasteiger partial charge in [-0.2, -0.15) is 0 Å². The van der Waals surface area contributed by atoms with Crippen LogP contribution in [0.1, 0.15) is 64.7 Å². The van der Waals surface area contributed by atoms with Crippen molar-refractivity contribution in [1.82, 2.24) is 0 Å². The van der Waals surface area contributed by atoms with Gasteiger partial charge >= 0.3 is 17.9 Å². The fourth-order valence-corrected chi connectivity index (χ4v) is 1.74. The van der Waals surface area contributed by atoms with Gasteiger partial charge in [0, 0.05) is 6.42 Å². The van der Waals surface area contributed by atoms with Crippen molar-refractivity contribution in [2.75, 3.05) is 0 Å². The van der Waals surface area contributed by atoms with E-state index in [4.69, 9.17) is 10.8 Å². The maximum atomic E-state index is 11.3. The Morgan fingerprint density at radius 3 is 2.15 bits per heavy atom. The third kappa shape index (κ3) is 10.5. The number of ether oxygens (including phenoxy) is 1. The van der Waals surface area contributed by atoms with Gasteiger partial charge in [-0.3, -0.25) is 9.59 Å². The van der Waals surface area contributed by atoms with Gasteiger partial charge in [-0.1, -0.05) is 45.4 Å². The highest BCUT2D eigenvalue weighted by atomic mass is 16.6. The molecule has 0 aromatic rings. The molecule has 0 aliphatic heterocycles. The third-order valence-electron chi connectivity index (χ3n) is 2.90. The first-order valence-electron chi connectivity index (χ1n) is 7.19. The normalized spacial score (nSPS) is 11.9. The lowest BCUT2D eigenvalue weighted by Gasteiger charge is -2.07. The molecule has 6 heteroatoms. The molecule has 0 saturated heterocycles. The molecule has 0 aliphatic carbocycles. The molecule has 0 amide bonds. The average molecular weight is 287 g/mol. The van der Waals surface area contributed by atoms with Crippen LogP contribution in [0.15, 0.2) is 0 Å². The van der Waals surface area contributed by atoms with E-state index in [0.29, 0.717) is 6.42 Å². The maximum absolute atomic E-state index is 11.3. The van der Waals surface area contributed by atoms with Crippen LogP contribution in [0, 0.1) is 0 Å². The van der Waals surface area contributed by atoms with E-state index in [1.807, 2.05) is 0 Å². The van der Waals surface area contributed by atoms with Crippen molar-refractivity contribution in [3.05, 3.63) is 0 Å². The lowest BCUT2D eigenvalue weighted by molar-refractivity contribution is -0.162. The molecule has 0 saturated carbocycles. The van der Waals surface area contributed by atoms with Crippen molar-refractivity contribution < 1.29 is 24.2 Å². The molecule has 0 spiro atoms. The van der Waals surface area contributed by atoms with E-state index in [2.05, 4.69) is 11.7 Å². The Hall–Kier alpha value is -1.43. The molecule has 116 valence electrons. The fourth-order valence-electron chi connectivity index (χ4n) is 1.74. The quantitative estimate of drug-likeness (QED) is 0.342. The van der Waals surface area contributed by atoms with E-state index >= 15 is 0 Å². The first-order chi connectivity index (χ1) is 9.47. The highest BCUT2D eigenvalue weighted by Gasteiger charge is 2.21. The summed E-state index contributed by atoms with van der Waals surface area (Å²) in [4.78, 5) is 32.9. The minimum atomic E-state index is -1.29. The molecule has 1 unspecified atom stereocenters. The predicted molar refractivity (Wildman–Crippen MR) is 73.9 cm³/mol. The van der Waals surface area contributed by atoms with Crippen LogP contribution in [0.2, 0.25) is 0 Å². The third-order valence-corrected chi connectivity index (χ3v) is 2.90. The number of carbonyl (C=O) groups is 3. The number of rotatable bonds is 11. The summed E-state index contributed by atoms with van der Waals surface area (Å²) >= 11 is 0. The summed E-state index contributed by atoms with van der Waals surface area (Å²) in [6, 6.07) is -1.29. The molecular formula is C14H25NO5. The van der Waals surface area contributed by atoms with E-state index in [-0.39, 0.29) is 6.42 Å². The molecule has 0 aromatic carbocycles. The molecule has 3 N–H and O–H groups in total. The number of carbonyl (C=O) groups excluding carboxylic acids is 2. The Morgan fingerprint density at radius 1 is 1.05 bits per heavy atom. The highest BCUT2D eigenvalue weighted by Crippen LogP contribution is 2.09. The van der Waals surface area contributed by atoms with Gasteiger partial charge < -0.3 is 15.6 Å². The van der Waals surface area contributed by atoms with Gasteiger partial charge in [0.05, 0.1) is 6.42 Å². The first kappa shape index (κ1) is 18.6. The number of carboxylic acid groups (broad SMARTS) is 1. The van der Waals surface area contributed by atoms with Crippen LogP contribution in [-0.4, -0.2) is 29.1 Å². The Bertz CT molecular complexity index is 317. The van der Waals surface area contributed by atoms with Gasteiger partial charge in [-0.25, -0.2) is 4.79 Å². The van der Waals surface area contributed by atoms with Crippen LogP contribution in [-0.2, 0) is 19.1 Å². The van der Waals surface area contributed by atoms with Crippen molar-refractivity contribution in [3.63, 3.8) is 0 Å². The summed E-state index contributed by atoms with van der Waals surface area (Å²) in [5, 5.41) is 8.46. The molecule has 6 nitrogen and oxygen atoms in total. The van der Waals surface area contributed by atoms with Crippen LogP contribution >= 0.6 is 0 Å². The zero-order valence-corrected chi connectivity index (χ0v) is 12.1. The summed E-state index contributed by atoms with van der Waals surface area (Å²) < 4.78 is 4.49. The molecule has 0 aliphatic rings. The number of aliphatic carboxylic acids is 1. The summed E-state index contributed by atoms with van der Waals surface area (Å²) in [5.74, 6) is -2.81. The smallest absolute Gasteiger partial charge is 0.331 e. The van der Waals surface area contributed by atoms with E-state index < -0.39 is 30.4 Å². The van der Waals surface area contributed by atoms with E-state index in [1.54, 1.807) is 0 Å². The summed E-state index contributed by atoms with van der Waals surface area (Å²) in [6.07, 6.45) is 7.10. The zero-order chi connectivity index (χ0) is 15.4. The van der Waals surface area contributed by atoms with E-state index in [1.165, 1.54) is 19.3 Å². The molecule has 20 heavy (non-hydrogen) atoms. The lowest BCUT2D eigenvalue weighted by atomic mass is 10.1. The van der Waals surface area contributed by atoms with Crippen LogP contribution in [0.4, 0.5) is 0 Å². The number of esters is 2. The summed E-state index contributed by atoms with van der Waals surface area (Å²) in [6.45, 7) is 2.15. The Morgan fingerprint density at radius 2 is 1.60 bits per heavy atom. The molecule has 0 bridgehead atoms. The van der Waals surface area contributed by atoms with Crippen LogP contribution in [0.5, 0.6) is 0 Å². The fraction of sp³-hybridized carbons (Fsp3) is 0.786. The van der Waals surface area contributed by atoms with Crippen molar-refractivity contribution >= 4 is 17.9 Å². The zero-order valence-electron chi connectivity index (χ0n) is 12.1. The monoisotopic (exact) mass is 287 g/mol. The number of unbranched alkanes of at least 4 members (excludes halogenated alkanes) is 6. The maximum Gasteiger partial charge on any atom is 0.331 e. The number of hydrogen-bond acceptors (Lipinski definition) is 5. The Labute approximate surface area is 119 Å². The SMILES string of the molecule is CCCCCCCCCC(=O)OC(=O)C(N)CC(=O)O. The van der Waals surface area contributed by atoms with Gasteiger partial charge in [-0.15, -0.1) is 0 Å². The summed E-state index contributed by atoms with van der Waals surface area (Å²) in [7, 11) is 0. The van der Waals surface area contributed by atoms with Gasteiger partial charge in [0.15, 0.2) is 0 Å². The van der Waals surface area contributed by atoms with Crippen LogP contribution in [0.25, 0.3) is 0 Å². The lowest BCUT2D eigenvalue weighted by Crippen LogP contribution is -2.35. The minimum absolute atomic E-state index is 0.166. The Balaban J connectivity index is 3.62. The van der Waals surface area contributed by atoms with Crippen molar-refractivity contribution in [3.8, 4) is 0 Å². The topological polar surface area (TPSA) is 107 Å². The molecule has 0 aromatic heterocycles. The Kier molecular flexibility index (Phi) is 10.6. The average Bonchev–Trinajstić information content (AvgIpc) is 2.36. The predicted octanol–water partition coefficient (Wildman–Crippen LogP) is 2.00. The second-order valence-corrected chi connectivity index (χ2v) is 4.87. The van der Waals surface area contributed by atoms with Gasteiger partial charge in [0.25, 0.3) is 0 Å². The largest absolute Gasteiger partial charge is 0.481 e. The van der Waals surface area contributed by atoms with Crippen molar-refractivity contribution in [2.45, 2.75) is 70.8 Å². The van der Waals surface area contributed by atoms with Gasteiger partial charge in [-0.05, 0) is 6.42 Å². The standard InChI is InChI=1S/C14H25NO5/c1-2-3-4-5-6-7-8-9-13(18)20-14(19)11(15)10-12(16)17/h11H,2-10,15H2,1H3,(H,16,17). The van der Waals surface area contributed by atoms with Gasteiger partial charge in [0.1, 0.15) is 6.04 Å². The molecule has 1 atom stereocenters. The number of carboxylic acids is 1. The first-order valence-corrected chi connectivity index (χ1v) is 7.19. The molecular weight excluding hydrogens is 262 g/mol. The minimum Gasteiger partial charge on any atom is -0.481 e. The van der Waals surface area contributed by atoms with Crippen molar-refractivity contribution in [2.24, 2.45) is 5.73 Å². The number of hydrogen-bond donors (Lipinski definition) is 2. The van der Waals surface area contributed by atoms with Crippen LogP contribution in [0.3, 0.4) is 0 Å². The van der Waals surface area contributed by atoms with Crippen LogP contribution < -0.4 is 5.73 Å². The molecule has 0 fully saturated rings. The summed E-state index contributed by atoms with van der Waals surface area (Å²) in [5.41, 5.74) is 5.28. The molecule has 0 radical (unpaired) electrons. The second-order valence-electron chi connectivity index (χ2n) is 4.87. The highest BCUT2D eigenvalue weighted by molar-refractivity contribution is 5.90. The molecule has 0 heterocycles. The number of nitrogens with two attached hydrogens (primary N) is 1. The molecule has 0 rings (SSSR count). The second kappa shape index (κ2) is 11.4. The van der Waals surface area contributed by atoms with E-state index in [9.17, 15) is 14.4 Å².